The molecular formula is C23H26F3N7O5S. The van der Waals surface area contributed by atoms with E-state index < -0.39 is 39.8 Å². The van der Waals surface area contributed by atoms with Gasteiger partial charge in [0.1, 0.15) is 34.2 Å². The van der Waals surface area contributed by atoms with Crippen molar-refractivity contribution in [3.63, 3.8) is 0 Å². The normalized spacial score (nSPS) is 17.5. The third-order valence-corrected chi connectivity index (χ3v) is 7.26. The number of amides is 2. The zero-order valence-electron chi connectivity index (χ0n) is 21.4. The molecule has 0 aliphatic carbocycles. The van der Waals surface area contributed by atoms with Gasteiger partial charge in [-0.1, -0.05) is 13.8 Å². The highest BCUT2D eigenvalue weighted by molar-refractivity contribution is 7.90. The summed E-state index contributed by atoms with van der Waals surface area (Å²) in [6.07, 6.45) is 0.517. The average Bonchev–Trinajstić information content (AvgIpc) is 3.50. The molecule has 4 heterocycles. The van der Waals surface area contributed by atoms with Crippen molar-refractivity contribution in [3.8, 4) is 11.5 Å². The van der Waals surface area contributed by atoms with Gasteiger partial charge in [0.25, 0.3) is 5.91 Å². The lowest BCUT2D eigenvalue weighted by molar-refractivity contribution is -0.125. The van der Waals surface area contributed by atoms with Gasteiger partial charge in [-0.15, -0.1) is 0 Å². The van der Waals surface area contributed by atoms with Gasteiger partial charge < -0.3 is 15.1 Å². The Morgan fingerprint density at radius 1 is 1.31 bits per heavy atom. The van der Waals surface area contributed by atoms with Crippen molar-refractivity contribution < 1.29 is 35.6 Å². The maximum Gasteiger partial charge on any atom is 0.405 e. The van der Waals surface area contributed by atoms with E-state index in [1.165, 1.54) is 34.1 Å². The fraction of sp³-hybridized carbons (Fsp3) is 0.435. The van der Waals surface area contributed by atoms with Gasteiger partial charge in [-0.3, -0.25) is 19.2 Å². The van der Waals surface area contributed by atoms with Gasteiger partial charge in [0.15, 0.2) is 11.5 Å². The van der Waals surface area contributed by atoms with E-state index >= 15 is 0 Å². The minimum absolute atomic E-state index is 0.0240. The van der Waals surface area contributed by atoms with Crippen LogP contribution in [0.15, 0.2) is 35.2 Å². The van der Waals surface area contributed by atoms with Crippen LogP contribution in [0.25, 0.3) is 11.5 Å². The highest BCUT2D eigenvalue weighted by Gasteiger charge is 2.49. The number of nitrogens with zero attached hydrogens (tertiary/aromatic N) is 5. The smallest absolute Gasteiger partial charge is 0.405 e. The van der Waals surface area contributed by atoms with Gasteiger partial charge in [0, 0.05) is 42.9 Å². The number of hydrogen-bond donors (Lipinski definition) is 2. The lowest BCUT2D eigenvalue weighted by Gasteiger charge is -2.22. The van der Waals surface area contributed by atoms with Crippen LogP contribution < -0.4 is 15.5 Å². The molecule has 39 heavy (non-hydrogen) atoms. The maximum absolute atomic E-state index is 13.2. The van der Waals surface area contributed by atoms with Gasteiger partial charge in [0.05, 0.1) is 11.9 Å². The standard InChI is InChI=1S/C23H26F3N7O5S/c1-22(2)14(11-39(4,36)37)8-33(21(22)35)18-15(9-32(3)31-18)29-19(34)16-10-38-20(30-16)13-5-6-27-17(7-13)28-12-23(24,25)26/h5-7,9-10,14H,8,11-12H2,1-4H3,(H,27,28)(H,29,34). The fourth-order valence-corrected chi connectivity index (χ4v) is 5.43. The third kappa shape index (κ3) is 6.38. The quantitative estimate of drug-likeness (QED) is 0.417. The fourth-order valence-electron chi connectivity index (χ4n) is 4.18. The first kappa shape index (κ1) is 28.1. The number of hydrogen-bond acceptors (Lipinski definition) is 9. The second-order valence-corrected chi connectivity index (χ2v) is 12.0. The number of alkyl halides is 3. The Balaban J connectivity index is 1.52. The zero-order chi connectivity index (χ0) is 28.8. The van der Waals surface area contributed by atoms with Crippen LogP contribution in [0.2, 0.25) is 0 Å². The lowest BCUT2D eigenvalue weighted by Crippen LogP contribution is -2.33. The largest absolute Gasteiger partial charge is 0.444 e. The second kappa shape index (κ2) is 9.98. The summed E-state index contributed by atoms with van der Waals surface area (Å²) >= 11 is 0. The van der Waals surface area contributed by atoms with E-state index in [0.29, 0.717) is 0 Å². The summed E-state index contributed by atoms with van der Waals surface area (Å²) in [6, 6.07) is 2.76. The molecule has 1 aliphatic heterocycles. The summed E-state index contributed by atoms with van der Waals surface area (Å²) in [5.74, 6) is -1.62. The van der Waals surface area contributed by atoms with E-state index in [9.17, 15) is 31.2 Å². The first-order valence-electron chi connectivity index (χ1n) is 11.6. The van der Waals surface area contributed by atoms with Crippen molar-refractivity contribution in [1.29, 1.82) is 0 Å². The molecule has 0 spiro atoms. The number of rotatable bonds is 8. The highest BCUT2D eigenvalue weighted by Crippen LogP contribution is 2.41. The maximum atomic E-state index is 13.2. The molecule has 0 saturated carbocycles. The number of pyridine rings is 1. The number of halogens is 3. The topological polar surface area (TPSA) is 152 Å². The number of carbonyl (C=O) groups excluding carboxylic acids is 2. The molecule has 3 aromatic rings. The molecule has 2 amide bonds. The minimum Gasteiger partial charge on any atom is -0.444 e. The Labute approximate surface area is 221 Å². The zero-order valence-corrected chi connectivity index (χ0v) is 22.2. The molecule has 3 aromatic heterocycles. The number of aromatic nitrogens is 4. The number of sulfone groups is 1. The number of oxazole rings is 1. The van der Waals surface area contributed by atoms with Crippen LogP contribution in [0.3, 0.4) is 0 Å². The van der Waals surface area contributed by atoms with Crippen molar-refractivity contribution in [2.45, 2.75) is 20.0 Å². The van der Waals surface area contributed by atoms with Crippen LogP contribution in [0, 0.1) is 11.3 Å². The molecule has 1 saturated heterocycles. The number of anilines is 3. The van der Waals surface area contributed by atoms with E-state index in [0.717, 1.165) is 12.5 Å². The molecule has 16 heteroatoms. The Hall–Kier alpha value is -3.95. The summed E-state index contributed by atoms with van der Waals surface area (Å²) in [6.45, 7) is 2.17. The van der Waals surface area contributed by atoms with Crippen LogP contribution in [-0.4, -0.2) is 71.3 Å². The van der Waals surface area contributed by atoms with Crippen LogP contribution >= 0.6 is 0 Å². The molecule has 4 rings (SSSR count). The number of aryl methyl sites for hydroxylation is 1. The lowest BCUT2D eigenvalue weighted by atomic mass is 9.83. The Morgan fingerprint density at radius 2 is 2.03 bits per heavy atom. The van der Waals surface area contributed by atoms with Crippen LogP contribution in [0.1, 0.15) is 24.3 Å². The van der Waals surface area contributed by atoms with Crippen LogP contribution in [0.4, 0.5) is 30.5 Å². The first-order valence-corrected chi connectivity index (χ1v) is 13.7. The predicted molar refractivity (Wildman–Crippen MR) is 135 cm³/mol. The third-order valence-electron chi connectivity index (χ3n) is 6.25. The summed E-state index contributed by atoms with van der Waals surface area (Å²) in [4.78, 5) is 35.5. The van der Waals surface area contributed by atoms with Crippen molar-refractivity contribution in [3.05, 3.63) is 36.5 Å². The average molecular weight is 570 g/mol. The molecular weight excluding hydrogens is 543 g/mol. The molecule has 2 N–H and O–H groups in total. The van der Waals surface area contributed by atoms with Crippen molar-refractivity contribution in [2.75, 3.05) is 40.6 Å². The molecule has 0 bridgehead atoms. The van der Waals surface area contributed by atoms with Gasteiger partial charge in [-0.2, -0.15) is 18.3 Å². The summed E-state index contributed by atoms with van der Waals surface area (Å²) < 4.78 is 68.1. The summed E-state index contributed by atoms with van der Waals surface area (Å²) in [7, 11) is -1.75. The monoisotopic (exact) mass is 569 g/mol. The van der Waals surface area contributed by atoms with E-state index in [4.69, 9.17) is 4.42 Å². The number of nitrogens with one attached hydrogen (secondary N) is 2. The molecule has 1 unspecified atom stereocenters. The van der Waals surface area contributed by atoms with E-state index in [1.54, 1.807) is 20.9 Å². The Kier molecular flexibility index (Phi) is 7.18. The predicted octanol–water partition coefficient (Wildman–Crippen LogP) is 2.73. The first-order chi connectivity index (χ1) is 18.0. The summed E-state index contributed by atoms with van der Waals surface area (Å²) in [5.41, 5.74) is -0.623. The molecule has 1 atom stereocenters. The number of carbonyl (C=O) groups is 2. The van der Waals surface area contributed by atoms with Crippen molar-refractivity contribution >= 4 is 39.0 Å². The Morgan fingerprint density at radius 3 is 2.69 bits per heavy atom. The van der Waals surface area contributed by atoms with E-state index in [-0.39, 0.29) is 52.7 Å². The molecule has 0 aromatic carbocycles. The summed E-state index contributed by atoms with van der Waals surface area (Å²) in [5, 5.41) is 9.10. The van der Waals surface area contributed by atoms with Gasteiger partial charge in [-0.05, 0) is 12.1 Å². The molecule has 0 radical (unpaired) electrons. The van der Waals surface area contributed by atoms with Crippen LogP contribution in [0.5, 0.6) is 0 Å². The SMILES string of the molecule is Cn1cc(NC(=O)c2coc(-c3ccnc(NCC(F)(F)F)c3)n2)c(N2CC(CS(C)(=O)=O)C(C)(C)C2=O)n1. The molecule has 1 fully saturated rings. The van der Waals surface area contributed by atoms with E-state index in [2.05, 4.69) is 25.7 Å². The van der Waals surface area contributed by atoms with Gasteiger partial charge in [-0.25, -0.2) is 18.4 Å². The minimum atomic E-state index is -4.43. The van der Waals surface area contributed by atoms with Gasteiger partial charge >= 0.3 is 6.18 Å². The molecule has 210 valence electrons. The second-order valence-electron chi connectivity index (χ2n) is 9.86. The molecule has 12 nitrogen and oxygen atoms in total. The Bertz CT molecular complexity index is 1510. The molecule has 1 aliphatic rings. The van der Waals surface area contributed by atoms with Gasteiger partial charge in [0.2, 0.25) is 11.8 Å². The van der Waals surface area contributed by atoms with E-state index in [1.807, 2.05) is 0 Å². The van der Waals surface area contributed by atoms with Crippen molar-refractivity contribution in [1.82, 2.24) is 19.7 Å². The van der Waals surface area contributed by atoms with Crippen LogP contribution in [-0.2, 0) is 21.7 Å². The highest BCUT2D eigenvalue weighted by atomic mass is 32.2. The van der Waals surface area contributed by atoms with Crippen molar-refractivity contribution in [2.24, 2.45) is 18.4 Å².